The Balaban J connectivity index is 1.53. The molecule has 1 fully saturated rings. The summed E-state index contributed by atoms with van der Waals surface area (Å²) in [5.74, 6) is 2.81. The number of aliphatic hydroxyl groups is 1. The lowest BCUT2D eigenvalue weighted by atomic mass is 10.2. The van der Waals surface area contributed by atoms with Gasteiger partial charge in [0.1, 0.15) is 17.4 Å². The molecule has 0 amide bonds. The number of hydrogen-bond donors (Lipinski definition) is 2. The first kappa shape index (κ1) is 22.0. The SMILES string of the molecule is COc1cncc2nc(-c3ccnc(Nc4ccccc4)c3)nc(N3CCN(CCO)CC3)c12. The van der Waals surface area contributed by atoms with Crippen LogP contribution in [0.1, 0.15) is 0 Å². The zero-order valence-corrected chi connectivity index (χ0v) is 19.1. The minimum absolute atomic E-state index is 0.168. The Morgan fingerprint density at radius 1 is 1.03 bits per heavy atom. The van der Waals surface area contributed by atoms with Crippen molar-refractivity contribution in [2.45, 2.75) is 0 Å². The molecule has 1 aromatic carbocycles. The number of rotatable bonds is 7. The third-order valence-corrected chi connectivity index (χ3v) is 5.93. The van der Waals surface area contributed by atoms with E-state index < -0.39 is 0 Å². The monoisotopic (exact) mass is 457 g/mol. The van der Waals surface area contributed by atoms with Gasteiger partial charge in [0.25, 0.3) is 0 Å². The van der Waals surface area contributed by atoms with Gasteiger partial charge in [0.2, 0.25) is 0 Å². The van der Waals surface area contributed by atoms with Crippen molar-refractivity contribution < 1.29 is 9.84 Å². The summed E-state index contributed by atoms with van der Waals surface area (Å²) >= 11 is 0. The number of nitrogens with one attached hydrogen (secondary N) is 1. The number of piperazine rings is 1. The Kier molecular flexibility index (Phi) is 6.46. The van der Waals surface area contributed by atoms with Crippen molar-refractivity contribution >= 4 is 28.2 Å². The van der Waals surface area contributed by atoms with E-state index in [1.807, 2.05) is 42.5 Å². The molecule has 0 atom stereocenters. The highest BCUT2D eigenvalue weighted by molar-refractivity contribution is 5.95. The first-order valence-electron chi connectivity index (χ1n) is 11.3. The van der Waals surface area contributed by atoms with Crippen LogP contribution in [-0.2, 0) is 0 Å². The van der Waals surface area contributed by atoms with Crippen LogP contribution in [0, 0.1) is 0 Å². The standard InChI is InChI=1S/C25H27N7O2/c1-34-21-17-26-16-20-23(21)25(32-11-9-31(10-12-32)13-14-33)30-24(29-20)18-7-8-27-22(15-18)28-19-5-3-2-4-6-19/h2-8,15-17,33H,9-14H2,1H3,(H,27,28). The summed E-state index contributed by atoms with van der Waals surface area (Å²) < 4.78 is 5.62. The van der Waals surface area contributed by atoms with Crippen molar-refractivity contribution in [2.75, 3.05) is 56.7 Å². The number of para-hydroxylation sites is 1. The average Bonchev–Trinajstić information content (AvgIpc) is 2.89. The molecule has 9 nitrogen and oxygen atoms in total. The molecule has 3 aromatic heterocycles. The molecular weight excluding hydrogens is 430 g/mol. The summed E-state index contributed by atoms with van der Waals surface area (Å²) in [6.45, 7) is 4.17. The van der Waals surface area contributed by atoms with Gasteiger partial charge in [-0.3, -0.25) is 9.88 Å². The lowest BCUT2D eigenvalue weighted by Crippen LogP contribution is -2.47. The summed E-state index contributed by atoms with van der Waals surface area (Å²) in [5, 5.41) is 13.5. The van der Waals surface area contributed by atoms with E-state index in [9.17, 15) is 5.11 Å². The van der Waals surface area contributed by atoms with Crippen molar-refractivity contribution in [1.82, 2.24) is 24.8 Å². The Morgan fingerprint density at radius 2 is 1.85 bits per heavy atom. The number of pyridine rings is 2. The van der Waals surface area contributed by atoms with E-state index in [1.165, 1.54) is 0 Å². The van der Waals surface area contributed by atoms with Crippen LogP contribution in [-0.4, -0.2) is 76.4 Å². The molecule has 0 radical (unpaired) electrons. The van der Waals surface area contributed by atoms with E-state index in [0.717, 1.165) is 60.0 Å². The lowest BCUT2D eigenvalue weighted by Gasteiger charge is -2.35. The number of hydrogen-bond acceptors (Lipinski definition) is 9. The topological polar surface area (TPSA) is 99.5 Å². The highest BCUT2D eigenvalue weighted by Gasteiger charge is 2.23. The van der Waals surface area contributed by atoms with Gasteiger partial charge in [-0.25, -0.2) is 15.0 Å². The molecule has 1 saturated heterocycles. The van der Waals surface area contributed by atoms with Crippen molar-refractivity contribution in [3.63, 3.8) is 0 Å². The van der Waals surface area contributed by atoms with Gasteiger partial charge >= 0.3 is 0 Å². The van der Waals surface area contributed by atoms with E-state index in [2.05, 4.69) is 25.1 Å². The van der Waals surface area contributed by atoms with Gasteiger partial charge in [-0.2, -0.15) is 0 Å². The highest BCUT2D eigenvalue weighted by atomic mass is 16.5. The quantitative estimate of drug-likeness (QED) is 0.434. The predicted molar refractivity (Wildman–Crippen MR) is 133 cm³/mol. The second kappa shape index (κ2) is 9.98. The van der Waals surface area contributed by atoms with Gasteiger partial charge in [0.15, 0.2) is 5.82 Å². The van der Waals surface area contributed by atoms with Crippen LogP contribution in [0.15, 0.2) is 61.1 Å². The van der Waals surface area contributed by atoms with Gasteiger partial charge in [0, 0.05) is 50.2 Å². The minimum atomic E-state index is 0.168. The largest absolute Gasteiger partial charge is 0.494 e. The van der Waals surface area contributed by atoms with Gasteiger partial charge in [-0.15, -0.1) is 0 Å². The fourth-order valence-corrected chi connectivity index (χ4v) is 4.18. The summed E-state index contributed by atoms with van der Waals surface area (Å²) in [5.41, 5.74) is 2.55. The second-order valence-corrected chi connectivity index (χ2v) is 8.08. The van der Waals surface area contributed by atoms with Crippen LogP contribution in [0.25, 0.3) is 22.3 Å². The number of benzene rings is 1. The molecule has 0 saturated carbocycles. The molecule has 0 bridgehead atoms. The van der Waals surface area contributed by atoms with Gasteiger partial charge < -0.3 is 20.1 Å². The van der Waals surface area contributed by atoms with Gasteiger partial charge in [-0.1, -0.05) is 18.2 Å². The minimum Gasteiger partial charge on any atom is -0.494 e. The van der Waals surface area contributed by atoms with Crippen molar-refractivity contribution in [3.8, 4) is 17.1 Å². The number of aromatic nitrogens is 4. The number of methoxy groups -OCH3 is 1. The fraction of sp³-hybridized carbons (Fsp3) is 0.280. The number of ether oxygens (including phenoxy) is 1. The van der Waals surface area contributed by atoms with E-state index in [4.69, 9.17) is 14.7 Å². The number of nitrogens with zero attached hydrogens (tertiary/aromatic N) is 6. The van der Waals surface area contributed by atoms with Crippen LogP contribution < -0.4 is 15.0 Å². The molecule has 4 aromatic rings. The van der Waals surface area contributed by atoms with E-state index in [0.29, 0.717) is 18.1 Å². The summed E-state index contributed by atoms with van der Waals surface area (Å²) in [6.07, 6.45) is 5.20. The molecule has 2 N–H and O–H groups in total. The van der Waals surface area contributed by atoms with Crippen molar-refractivity contribution in [3.05, 3.63) is 61.1 Å². The molecule has 4 heterocycles. The lowest BCUT2D eigenvalue weighted by molar-refractivity contribution is 0.188. The second-order valence-electron chi connectivity index (χ2n) is 8.08. The summed E-state index contributed by atoms with van der Waals surface area (Å²) in [4.78, 5) is 23.1. The maximum atomic E-state index is 9.28. The first-order chi connectivity index (χ1) is 16.7. The zero-order valence-electron chi connectivity index (χ0n) is 19.1. The number of β-amino-alcohol motifs (C(OH)–C–C–N with tert-alkyl or cyclic N) is 1. The number of fused-ring (bicyclic) bond motifs is 1. The van der Waals surface area contributed by atoms with Crippen LogP contribution in [0.2, 0.25) is 0 Å². The summed E-state index contributed by atoms with van der Waals surface area (Å²) in [7, 11) is 1.64. The molecule has 1 aliphatic heterocycles. The van der Waals surface area contributed by atoms with Crippen LogP contribution in [0.5, 0.6) is 5.75 Å². The maximum Gasteiger partial charge on any atom is 0.162 e. The molecule has 34 heavy (non-hydrogen) atoms. The van der Waals surface area contributed by atoms with Crippen molar-refractivity contribution in [2.24, 2.45) is 0 Å². The third-order valence-electron chi connectivity index (χ3n) is 5.93. The third kappa shape index (κ3) is 4.61. The normalized spacial score (nSPS) is 14.4. The van der Waals surface area contributed by atoms with Crippen LogP contribution >= 0.6 is 0 Å². The summed E-state index contributed by atoms with van der Waals surface area (Å²) in [6, 6.07) is 13.8. The van der Waals surface area contributed by atoms with Gasteiger partial charge in [-0.05, 0) is 24.3 Å². The van der Waals surface area contributed by atoms with Crippen LogP contribution in [0.4, 0.5) is 17.3 Å². The average molecular weight is 458 g/mol. The highest BCUT2D eigenvalue weighted by Crippen LogP contribution is 2.34. The van der Waals surface area contributed by atoms with E-state index in [1.54, 1.807) is 25.7 Å². The van der Waals surface area contributed by atoms with E-state index >= 15 is 0 Å². The molecule has 1 aliphatic rings. The maximum absolute atomic E-state index is 9.28. The predicted octanol–water partition coefficient (Wildman–Crippen LogP) is 2.95. The Labute approximate surface area is 198 Å². The molecule has 174 valence electrons. The fourth-order valence-electron chi connectivity index (χ4n) is 4.18. The number of aliphatic hydroxyl groups excluding tert-OH is 1. The smallest absolute Gasteiger partial charge is 0.162 e. The molecule has 5 rings (SSSR count). The molecule has 0 aliphatic carbocycles. The molecular formula is C25H27N7O2. The first-order valence-corrected chi connectivity index (χ1v) is 11.3. The zero-order chi connectivity index (χ0) is 23.3. The molecule has 0 unspecified atom stereocenters. The van der Waals surface area contributed by atoms with Crippen molar-refractivity contribution in [1.29, 1.82) is 0 Å². The van der Waals surface area contributed by atoms with E-state index in [-0.39, 0.29) is 6.61 Å². The van der Waals surface area contributed by atoms with Gasteiger partial charge in [0.05, 0.1) is 37.0 Å². The number of anilines is 3. The van der Waals surface area contributed by atoms with Crippen LogP contribution in [0.3, 0.4) is 0 Å². The molecule has 0 spiro atoms. The Hall–Kier alpha value is -3.82. The Morgan fingerprint density at radius 3 is 2.62 bits per heavy atom. The Bertz CT molecular complexity index is 1260. The molecule has 9 heteroatoms.